The Morgan fingerprint density at radius 3 is 2.20 bits per heavy atom. The number of likely N-dealkylation sites (tertiary alicyclic amines) is 1. The fourth-order valence-electron chi connectivity index (χ4n) is 5.30. The molecule has 0 atom stereocenters. The number of phenolic OH excluding ortho intramolecular Hbond substituents is 1. The zero-order valence-electron chi connectivity index (χ0n) is 25.6. The van der Waals surface area contributed by atoms with E-state index in [1.54, 1.807) is 6.07 Å². The molecule has 0 unspecified atom stereocenters. The molecule has 2 aliphatic rings. The predicted molar refractivity (Wildman–Crippen MR) is 162 cm³/mol. The van der Waals surface area contributed by atoms with Crippen molar-refractivity contribution in [2.45, 2.75) is 86.6 Å². The van der Waals surface area contributed by atoms with Crippen molar-refractivity contribution in [1.29, 1.82) is 0 Å². The topological polar surface area (TPSA) is 99.7 Å². The van der Waals surface area contributed by atoms with Gasteiger partial charge in [0.05, 0.1) is 5.41 Å². The van der Waals surface area contributed by atoms with Crippen molar-refractivity contribution < 1.29 is 19.5 Å². The average molecular weight is 562 g/mol. The van der Waals surface area contributed by atoms with Crippen molar-refractivity contribution in [3.63, 3.8) is 0 Å². The van der Waals surface area contributed by atoms with E-state index in [0.29, 0.717) is 34.5 Å². The van der Waals surface area contributed by atoms with Gasteiger partial charge < -0.3 is 14.7 Å². The molecule has 2 N–H and O–H groups in total. The number of hydrogen-bond donors (Lipinski definition) is 2. The SMILES string of the molecule is CC(C)(C)C.CC(C)Cc1ccc(-c2nc(-c3ccc(CN4CCC(CC5CC5)(C(=O)O)CC4)cc3)no2)cc1O. The summed E-state index contributed by atoms with van der Waals surface area (Å²) in [6.45, 7) is 15.4. The number of aliphatic carboxylic acids is 1. The number of phenols is 1. The molecule has 1 aromatic heterocycles. The number of aromatic nitrogens is 2. The van der Waals surface area contributed by atoms with E-state index in [0.717, 1.165) is 56.4 Å². The summed E-state index contributed by atoms with van der Waals surface area (Å²) in [7, 11) is 0. The zero-order valence-corrected chi connectivity index (χ0v) is 25.6. The Bertz CT molecular complexity index is 1290. The lowest BCUT2D eigenvalue weighted by atomic mass is 9.74. The van der Waals surface area contributed by atoms with Crippen molar-refractivity contribution in [3.05, 3.63) is 53.6 Å². The molecule has 2 fully saturated rings. The monoisotopic (exact) mass is 561 g/mol. The molecule has 41 heavy (non-hydrogen) atoms. The molecule has 0 radical (unpaired) electrons. The average Bonchev–Trinajstić information content (AvgIpc) is 3.56. The maximum atomic E-state index is 12.0. The third kappa shape index (κ3) is 8.90. The quantitative estimate of drug-likeness (QED) is 0.275. The molecular weight excluding hydrogens is 514 g/mol. The van der Waals surface area contributed by atoms with Gasteiger partial charge in [-0.3, -0.25) is 9.69 Å². The summed E-state index contributed by atoms with van der Waals surface area (Å²) in [6, 6.07) is 13.6. The molecule has 3 aromatic rings. The smallest absolute Gasteiger partial charge is 0.309 e. The molecule has 0 spiro atoms. The lowest BCUT2D eigenvalue weighted by Crippen LogP contribution is -2.44. The van der Waals surface area contributed by atoms with E-state index >= 15 is 0 Å². The Morgan fingerprint density at radius 2 is 1.66 bits per heavy atom. The van der Waals surface area contributed by atoms with E-state index in [9.17, 15) is 15.0 Å². The number of hydrogen-bond acceptors (Lipinski definition) is 6. The summed E-state index contributed by atoms with van der Waals surface area (Å²) in [5.41, 5.74) is 3.62. The normalized spacial score (nSPS) is 17.2. The second kappa shape index (κ2) is 12.8. The number of carbonyl (C=O) groups is 1. The Kier molecular flexibility index (Phi) is 9.58. The molecule has 1 aliphatic carbocycles. The Labute approximate surface area is 245 Å². The fourth-order valence-corrected chi connectivity index (χ4v) is 5.30. The zero-order chi connectivity index (χ0) is 29.8. The molecule has 2 aromatic carbocycles. The van der Waals surface area contributed by atoms with Gasteiger partial charge in [0.15, 0.2) is 0 Å². The maximum absolute atomic E-state index is 12.0. The Morgan fingerprint density at radius 1 is 1.05 bits per heavy atom. The summed E-state index contributed by atoms with van der Waals surface area (Å²) in [5.74, 6) is 1.60. The van der Waals surface area contributed by atoms with E-state index in [1.807, 2.05) is 24.3 Å². The molecule has 7 heteroatoms. The summed E-state index contributed by atoms with van der Waals surface area (Å²) in [5, 5.41) is 24.4. The van der Waals surface area contributed by atoms with Gasteiger partial charge in [0.2, 0.25) is 5.82 Å². The van der Waals surface area contributed by atoms with Gasteiger partial charge in [-0.15, -0.1) is 0 Å². The van der Waals surface area contributed by atoms with Crippen molar-refractivity contribution in [2.24, 2.45) is 22.7 Å². The first-order valence-electron chi connectivity index (χ1n) is 15.0. The number of piperidine rings is 1. The minimum absolute atomic E-state index is 0.246. The lowest BCUT2D eigenvalue weighted by molar-refractivity contribution is -0.153. The third-order valence-corrected chi connectivity index (χ3v) is 7.65. The van der Waals surface area contributed by atoms with Crippen LogP contribution in [0.15, 0.2) is 47.0 Å². The van der Waals surface area contributed by atoms with Gasteiger partial charge in [-0.25, -0.2) is 0 Å². The highest BCUT2D eigenvalue weighted by atomic mass is 16.5. The van der Waals surface area contributed by atoms with Crippen LogP contribution in [0.4, 0.5) is 0 Å². The van der Waals surface area contributed by atoms with Gasteiger partial charge in [0, 0.05) is 17.7 Å². The maximum Gasteiger partial charge on any atom is 0.309 e. The van der Waals surface area contributed by atoms with Crippen LogP contribution in [-0.4, -0.2) is 44.3 Å². The van der Waals surface area contributed by atoms with Crippen molar-refractivity contribution in [3.8, 4) is 28.6 Å². The van der Waals surface area contributed by atoms with Crippen LogP contribution in [0.2, 0.25) is 0 Å². The van der Waals surface area contributed by atoms with Crippen LogP contribution < -0.4 is 0 Å². The van der Waals surface area contributed by atoms with E-state index in [1.165, 1.54) is 18.4 Å². The van der Waals surface area contributed by atoms with Gasteiger partial charge in [-0.2, -0.15) is 4.98 Å². The highest BCUT2D eigenvalue weighted by molar-refractivity contribution is 5.75. The van der Waals surface area contributed by atoms with Gasteiger partial charge in [-0.1, -0.05) is 89.9 Å². The standard InChI is InChI=1S/C29H35N3O4.C5H12/c1-19(2)15-23-9-10-24(16-25(23)33)27-30-26(31-36-27)22-7-5-21(6-8-22)18-32-13-11-29(12-14-32,28(34)35)17-20-3-4-20;1-5(2,3)4/h5-10,16,19-20,33H,3-4,11-15,17-18H2,1-2H3,(H,34,35);1-4H3. The van der Waals surface area contributed by atoms with Gasteiger partial charge in [0.25, 0.3) is 5.89 Å². The first-order chi connectivity index (χ1) is 19.3. The molecule has 222 valence electrons. The van der Waals surface area contributed by atoms with E-state index in [-0.39, 0.29) is 5.75 Å². The molecule has 1 aliphatic heterocycles. The minimum Gasteiger partial charge on any atom is -0.508 e. The number of rotatable bonds is 9. The molecular formula is C34H47N3O4. The summed E-state index contributed by atoms with van der Waals surface area (Å²) >= 11 is 0. The van der Waals surface area contributed by atoms with Crippen molar-refractivity contribution in [2.75, 3.05) is 13.1 Å². The summed E-state index contributed by atoms with van der Waals surface area (Å²) in [6.07, 6.45) is 5.51. The molecule has 2 heterocycles. The molecule has 0 amide bonds. The second-order valence-electron chi connectivity index (χ2n) is 14.1. The van der Waals surface area contributed by atoms with Gasteiger partial charge in [-0.05, 0) is 79.3 Å². The van der Waals surface area contributed by atoms with Crippen LogP contribution in [-0.2, 0) is 17.8 Å². The summed E-state index contributed by atoms with van der Waals surface area (Å²) < 4.78 is 5.48. The van der Waals surface area contributed by atoms with Crippen LogP contribution in [0.1, 0.15) is 84.8 Å². The highest BCUT2D eigenvalue weighted by Gasteiger charge is 2.45. The fraction of sp³-hybridized carbons (Fsp3) is 0.559. The van der Waals surface area contributed by atoms with E-state index in [4.69, 9.17) is 4.52 Å². The van der Waals surface area contributed by atoms with Gasteiger partial charge in [0.1, 0.15) is 5.75 Å². The number of carboxylic acid groups (broad SMARTS) is 1. The summed E-state index contributed by atoms with van der Waals surface area (Å²) in [4.78, 5) is 18.9. The largest absolute Gasteiger partial charge is 0.508 e. The predicted octanol–water partition coefficient (Wildman–Crippen LogP) is 7.83. The van der Waals surface area contributed by atoms with Crippen molar-refractivity contribution >= 4 is 5.97 Å². The molecule has 5 rings (SSSR count). The minimum atomic E-state index is -0.611. The van der Waals surface area contributed by atoms with E-state index in [2.05, 4.69) is 68.7 Å². The number of aromatic hydroxyl groups is 1. The molecule has 1 saturated carbocycles. The Balaban J connectivity index is 0.000000714. The second-order valence-corrected chi connectivity index (χ2v) is 14.1. The van der Waals surface area contributed by atoms with Crippen molar-refractivity contribution in [1.82, 2.24) is 15.0 Å². The Hall–Kier alpha value is -3.19. The molecule has 0 bridgehead atoms. The lowest BCUT2D eigenvalue weighted by Gasteiger charge is -2.39. The highest BCUT2D eigenvalue weighted by Crippen LogP contribution is 2.46. The number of carboxylic acids is 1. The van der Waals surface area contributed by atoms with Gasteiger partial charge >= 0.3 is 5.97 Å². The molecule has 1 saturated heterocycles. The van der Waals surface area contributed by atoms with Crippen LogP contribution in [0.25, 0.3) is 22.8 Å². The van der Waals surface area contributed by atoms with E-state index < -0.39 is 11.4 Å². The van der Waals surface area contributed by atoms with Crippen LogP contribution in [0.5, 0.6) is 5.75 Å². The number of benzene rings is 2. The van der Waals surface area contributed by atoms with Crippen LogP contribution in [0, 0.1) is 22.7 Å². The third-order valence-electron chi connectivity index (χ3n) is 7.65. The van der Waals surface area contributed by atoms with Crippen LogP contribution in [0.3, 0.4) is 0 Å². The number of nitrogens with zero attached hydrogens (tertiary/aromatic N) is 3. The first kappa shape index (κ1) is 30.8. The molecule has 7 nitrogen and oxygen atoms in total. The van der Waals surface area contributed by atoms with Crippen LogP contribution >= 0.6 is 0 Å². The first-order valence-corrected chi connectivity index (χ1v) is 15.0.